The molecule has 1 amide bonds. The summed E-state index contributed by atoms with van der Waals surface area (Å²) >= 11 is 13.2. The minimum absolute atomic E-state index is 0.110. The van der Waals surface area contributed by atoms with Crippen molar-refractivity contribution < 1.29 is 4.79 Å². The summed E-state index contributed by atoms with van der Waals surface area (Å²) in [6.45, 7) is 1.83. The molecule has 0 saturated heterocycles. The van der Waals surface area contributed by atoms with E-state index in [9.17, 15) is 4.79 Å². The molecule has 2 aromatic carbocycles. The number of nitrogen functional groups attached to an aromatic ring is 1. The first-order chi connectivity index (χ1) is 9.95. The van der Waals surface area contributed by atoms with Gasteiger partial charge >= 0.3 is 0 Å². The van der Waals surface area contributed by atoms with E-state index in [1.165, 1.54) is 11.8 Å². The summed E-state index contributed by atoms with van der Waals surface area (Å²) in [6.07, 6.45) is 0. The van der Waals surface area contributed by atoms with Gasteiger partial charge in [-0.1, -0.05) is 29.3 Å². The highest BCUT2D eigenvalue weighted by Gasteiger charge is 2.15. The van der Waals surface area contributed by atoms with Crippen LogP contribution in [0.2, 0.25) is 10.0 Å². The second-order valence-corrected chi connectivity index (χ2v) is 6.70. The van der Waals surface area contributed by atoms with Gasteiger partial charge in [-0.25, -0.2) is 0 Å². The number of thioether (sulfide) groups is 1. The number of benzene rings is 2. The first-order valence-corrected chi connectivity index (χ1v) is 7.87. The first kappa shape index (κ1) is 16.0. The molecular formula is C15H14Cl2N2OS. The number of amides is 1. The summed E-state index contributed by atoms with van der Waals surface area (Å²) in [5.41, 5.74) is 6.77. The standard InChI is InChI=1S/C15H14Cl2N2OS/c1-9(21-12-4-2-3-10(16)7-12)15(20)19-11-5-6-13(17)14(18)8-11/h2-9H,18H2,1H3,(H,19,20). The monoisotopic (exact) mass is 340 g/mol. The maximum absolute atomic E-state index is 12.2. The molecule has 0 aliphatic rings. The fourth-order valence-electron chi connectivity index (χ4n) is 1.66. The molecular weight excluding hydrogens is 327 g/mol. The van der Waals surface area contributed by atoms with Crippen molar-refractivity contribution in [2.75, 3.05) is 11.1 Å². The number of nitrogens with two attached hydrogens (primary N) is 1. The Bertz CT molecular complexity index is 664. The van der Waals surface area contributed by atoms with E-state index in [4.69, 9.17) is 28.9 Å². The van der Waals surface area contributed by atoms with E-state index in [0.29, 0.717) is 21.4 Å². The molecule has 2 rings (SSSR count). The maximum atomic E-state index is 12.2. The van der Waals surface area contributed by atoms with E-state index in [1.54, 1.807) is 24.3 Å². The summed E-state index contributed by atoms with van der Waals surface area (Å²) in [5.74, 6) is -0.110. The third kappa shape index (κ3) is 4.56. The van der Waals surface area contributed by atoms with Crippen LogP contribution in [0.3, 0.4) is 0 Å². The molecule has 0 fully saturated rings. The van der Waals surface area contributed by atoms with Crippen LogP contribution in [-0.4, -0.2) is 11.2 Å². The second kappa shape index (κ2) is 7.07. The van der Waals surface area contributed by atoms with E-state index in [0.717, 1.165) is 4.90 Å². The molecule has 21 heavy (non-hydrogen) atoms. The average Bonchev–Trinajstić information content (AvgIpc) is 2.43. The van der Waals surface area contributed by atoms with Crippen molar-refractivity contribution in [3.05, 3.63) is 52.5 Å². The van der Waals surface area contributed by atoms with Crippen molar-refractivity contribution in [1.29, 1.82) is 0 Å². The zero-order valence-electron chi connectivity index (χ0n) is 11.3. The van der Waals surface area contributed by atoms with E-state index >= 15 is 0 Å². The number of hydrogen-bond donors (Lipinski definition) is 2. The fourth-order valence-corrected chi connectivity index (χ4v) is 2.96. The van der Waals surface area contributed by atoms with Gasteiger partial charge in [0.25, 0.3) is 0 Å². The Hall–Kier alpha value is -1.36. The normalized spacial score (nSPS) is 12.0. The molecule has 0 radical (unpaired) electrons. The molecule has 1 atom stereocenters. The topological polar surface area (TPSA) is 55.1 Å². The van der Waals surface area contributed by atoms with E-state index in [1.807, 2.05) is 25.1 Å². The van der Waals surface area contributed by atoms with Gasteiger partial charge in [0.1, 0.15) is 0 Å². The summed E-state index contributed by atoms with van der Waals surface area (Å²) in [7, 11) is 0. The molecule has 3 N–H and O–H groups in total. The van der Waals surface area contributed by atoms with Crippen LogP contribution in [0, 0.1) is 0 Å². The number of halogens is 2. The Morgan fingerprint density at radius 3 is 2.67 bits per heavy atom. The largest absolute Gasteiger partial charge is 0.397 e. The quantitative estimate of drug-likeness (QED) is 0.626. The van der Waals surface area contributed by atoms with Crippen LogP contribution in [-0.2, 0) is 4.79 Å². The minimum atomic E-state index is -0.264. The highest BCUT2D eigenvalue weighted by Crippen LogP contribution is 2.27. The molecule has 0 bridgehead atoms. The molecule has 110 valence electrons. The van der Waals surface area contributed by atoms with Gasteiger partial charge < -0.3 is 11.1 Å². The van der Waals surface area contributed by atoms with Gasteiger partial charge in [-0.15, -0.1) is 11.8 Å². The zero-order valence-corrected chi connectivity index (χ0v) is 13.6. The Balaban J connectivity index is 2.00. The van der Waals surface area contributed by atoms with Crippen LogP contribution in [0.15, 0.2) is 47.4 Å². The number of carbonyl (C=O) groups is 1. The lowest BCUT2D eigenvalue weighted by Gasteiger charge is -2.12. The van der Waals surface area contributed by atoms with Crippen molar-refractivity contribution in [2.24, 2.45) is 0 Å². The smallest absolute Gasteiger partial charge is 0.237 e. The Labute approximate surface area is 137 Å². The van der Waals surface area contributed by atoms with E-state index < -0.39 is 0 Å². The van der Waals surface area contributed by atoms with Crippen molar-refractivity contribution >= 4 is 52.2 Å². The summed E-state index contributed by atoms with van der Waals surface area (Å²) in [6, 6.07) is 12.4. The van der Waals surface area contributed by atoms with Gasteiger partial charge in [0.15, 0.2) is 0 Å². The van der Waals surface area contributed by atoms with Gasteiger partial charge in [0, 0.05) is 15.6 Å². The van der Waals surface area contributed by atoms with E-state index in [-0.39, 0.29) is 11.2 Å². The molecule has 0 spiro atoms. The molecule has 0 saturated carbocycles. The van der Waals surface area contributed by atoms with E-state index in [2.05, 4.69) is 5.32 Å². The van der Waals surface area contributed by atoms with Crippen LogP contribution < -0.4 is 11.1 Å². The lowest BCUT2D eigenvalue weighted by atomic mass is 10.2. The third-order valence-electron chi connectivity index (χ3n) is 2.74. The summed E-state index contributed by atoms with van der Waals surface area (Å²) in [5, 5.41) is 3.67. The number of carbonyl (C=O) groups excluding carboxylic acids is 1. The van der Waals surface area contributed by atoms with Crippen molar-refractivity contribution in [1.82, 2.24) is 0 Å². The third-order valence-corrected chi connectivity index (χ3v) is 4.41. The predicted molar refractivity (Wildman–Crippen MR) is 91.3 cm³/mol. The maximum Gasteiger partial charge on any atom is 0.237 e. The molecule has 3 nitrogen and oxygen atoms in total. The summed E-state index contributed by atoms with van der Waals surface area (Å²) < 4.78 is 0. The van der Waals surface area contributed by atoms with Crippen molar-refractivity contribution in [3.8, 4) is 0 Å². The highest BCUT2D eigenvalue weighted by atomic mass is 35.5. The van der Waals surface area contributed by atoms with Gasteiger partial charge in [-0.2, -0.15) is 0 Å². The van der Waals surface area contributed by atoms with Crippen LogP contribution in [0.25, 0.3) is 0 Å². The van der Waals surface area contributed by atoms with Crippen LogP contribution in [0.1, 0.15) is 6.92 Å². The minimum Gasteiger partial charge on any atom is -0.397 e. The van der Waals surface area contributed by atoms with Crippen molar-refractivity contribution in [3.63, 3.8) is 0 Å². The molecule has 0 heterocycles. The number of anilines is 2. The number of rotatable bonds is 4. The Morgan fingerprint density at radius 1 is 1.24 bits per heavy atom. The van der Waals surface area contributed by atoms with Crippen molar-refractivity contribution in [2.45, 2.75) is 17.1 Å². The molecule has 6 heteroatoms. The second-order valence-electron chi connectivity index (χ2n) is 4.44. The predicted octanol–water partition coefficient (Wildman–Crippen LogP) is 4.69. The van der Waals surface area contributed by atoms with Gasteiger partial charge in [0.2, 0.25) is 5.91 Å². The van der Waals surface area contributed by atoms with Gasteiger partial charge in [-0.05, 0) is 43.3 Å². The van der Waals surface area contributed by atoms with Crippen LogP contribution >= 0.6 is 35.0 Å². The Kier molecular flexibility index (Phi) is 5.39. The Morgan fingerprint density at radius 2 is 2.00 bits per heavy atom. The zero-order chi connectivity index (χ0) is 15.4. The highest BCUT2D eigenvalue weighted by molar-refractivity contribution is 8.00. The van der Waals surface area contributed by atoms with Gasteiger partial charge in [-0.3, -0.25) is 4.79 Å². The molecule has 2 aromatic rings. The SMILES string of the molecule is CC(Sc1cccc(Cl)c1)C(=O)Nc1ccc(Cl)c(N)c1. The number of hydrogen-bond acceptors (Lipinski definition) is 3. The van der Waals surface area contributed by atoms with Crippen LogP contribution in [0.4, 0.5) is 11.4 Å². The molecule has 1 unspecified atom stereocenters. The van der Waals surface area contributed by atoms with Gasteiger partial charge in [0.05, 0.1) is 16.0 Å². The fraction of sp³-hybridized carbons (Fsp3) is 0.133. The molecule has 0 aromatic heterocycles. The lowest BCUT2D eigenvalue weighted by Crippen LogP contribution is -2.22. The summed E-state index contributed by atoms with van der Waals surface area (Å²) in [4.78, 5) is 13.1. The van der Waals surface area contributed by atoms with Crippen LogP contribution in [0.5, 0.6) is 0 Å². The average molecular weight is 341 g/mol. The molecule has 0 aliphatic heterocycles. The number of nitrogens with one attached hydrogen (secondary N) is 1. The first-order valence-electron chi connectivity index (χ1n) is 6.24. The lowest BCUT2D eigenvalue weighted by molar-refractivity contribution is -0.115. The molecule has 0 aliphatic carbocycles.